The number of rotatable bonds is 5. The Bertz CT molecular complexity index is 647. The zero-order valence-corrected chi connectivity index (χ0v) is 16.1. The van der Waals surface area contributed by atoms with Gasteiger partial charge < -0.3 is 15.2 Å². The average molecular weight is 384 g/mol. The largest absolute Gasteiger partial charge is 0.489 e. The standard InChI is InChI=1S/C20H27ClFNO3/c1-20(2,25)13-3-6-15(7-4-13)23-19(24)12-9-16(10-12)26-18-11-14(22)5-8-17(18)21/h5,8,11-13,15-16,25H,3-4,6-7,9-10H2,1-2H3,(H,23,24)/t12-,13-,15-,16-. The molecule has 0 heterocycles. The van der Waals surface area contributed by atoms with Gasteiger partial charge in [0, 0.05) is 18.0 Å². The van der Waals surface area contributed by atoms with Gasteiger partial charge in [-0.2, -0.15) is 0 Å². The van der Waals surface area contributed by atoms with Crippen molar-refractivity contribution < 1.29 is 19.0 Å². The maximum absolute atomic E-state index is 13.3. The monoisotopic (exact) mass is 383 g/mol. The zero-order valence-electron chi connectivity index (χ0n) is 15.3. The Labute approximate surface area is 159 Å². The summed E-state index contributed by atoms with van der Waals surface area (Å²) >= 11 is 6.00. The number of hydrogen-bond acceptors (Lipinski definition) is 3. The van der Waals surface area contributed by atoms with E-state index in [2.05, 4.69) is 5.32 Å². The molecule has 6 heteroatoms. The molecule has 0 atom stereocenters. The fraction of sp³-hybridized carbons (Fsp3) is 0.650. The van der Waals surface area contributed by atoms with Gasteiger partial charge in [0.25, 0.3) is 0 Å². The molecule has 1 aromatic rings. The summed E-state index contributed by atoms with van der Waals surface area (Å²) in [6.07, 6.45) is 4.83. The highest BCUT2D eigenvalue weighted by atomic mass is 35.5. The van der Waals surface area contributed by atoms with Gasteiger partial charge in [-0.25, -0.2) is 4.39 Å². The van der Waals surface area contributed by atoms with Crippen molar-refractivity contribution in [2.24, 2.45) is 11.8 Å². The van der Waals surface area contributed by atoms with Crippen molar-refractivity contribution in [3.05, 3.63) is 29.0 Å². The molecule has 2 fully saturated rings. The highest BCUT2D eigenvalue weighted by Crippen LogP contribution is 2.36. The van der Waals surface area contributed by atoms with Crippen LogP contribution in [-0.2, 0) is 4.79 Å². The minimum absolute atomic E-state index is 0.0562. The highest BCUT2D eigenvalue weighted by molar-refractivity contribution is 6.32. The van der Waals surface area contributed by atoms with E-state index in [1.165, 1.54) is 18.2 Å². The molecule has 4 nitrogen and oxygen atoms in total. The molecule has 0 unspecified atom stereocenters. The van der Waals surface area contributed by atoms with Crippen molar-refractivity contribution in [1.29, 1.82) is 0 Å². The molecule has 26 heavy (non-hydrogen) atoms. The Kier molecular flexibility index (Phi) is 5.78. The number of hydrogen-bond donors (Lipinski definition) is 2. The molecule has 0 bridgehead atoms. The third-order valence-electron chi connectivity index (χ3n) is 5.73. The SMILES string of the molecule is CC(C)(O)[C@H]1CC[C@H](NC(=O)[C@H]2C[C@H](Oc3cc(F)ccc3Cl)C2)CC1. The molecule has 1 amide bonds. The van der Waals surface area contributed by atoms with Gasteiger partial charge in [-0.05, 0) is 70.4 Å². The number of halogens is 2. The van der Waals surface area contributed by atoms with E-state index in [1.807, 2.05) is 13.8 Å². The van der Waals surface area contributed by atoms with Crippen LogP contribution in [0, 0.1) is 17.7 Å². The van der Waals surface area contributed by atoms with Crippen LogP contribution in [0.15, 0.2) is 18.2 Å². The van der Waals surface area contributed by atoms with Gasteiger partial charge in [-0.3, -0.25) is 4.79 Å². The summed E-state index contributed by atoms with van der Waals surface area (Å²) in [6.45, 7) is 3.71. The second-order valence-electron chi connectivity index (χ2n) is 8.19. The minimum atomic E-state index is -0.647. The van der Waals surface area contributed by atoms with Gasteiger partial charge in [0.1, 0.15) is 17.7 Å². The maximum Gasteiger partial charge on any atom is 0.223 e. The van der Waals surface area contributed by atoms with Crippen LogP contribution in [-0.4, -0.2) is 28.8 Å². The third-order valence-corrected chi connectivity index (χ3v) is 6.04. The number of carbonyl (C=O) groups is 1. The van der Waals surface area contributed by atoms with Crippen LogP contribution in [0.1, 0.15) is 52.4 Å². The molecular weight excluding hydrogens is 357 g/mol. The molecular formula is C20H27ClFNO3. The molecule has 0 aliphatic heterocycles. The predicted octanol–water partition coefficient (Wildman–Crippen LogP) is 4.08. The normalized spacial score (nSPS) is 29.0. The van der Waals surface area contributed by atoms with Crippen LogP contribution in [0.4, 0.5) is 4.39 Å². The van der Waals surface area contributed by atoms with E-state index in [1.54, 1.807) is 0 Å². The lowest BCUT2D eigenvalue weighted by Gasteiger charge is -2.38. The summed E-state index contributed by atoms with van der Waals surface area (Å²) in [5.41, 5.74) is -0.647. The summed E-state index contributed by atoms with van der Waals surface area (Å²) in [6, 6.07) is 4.23. The lowest BCUT2D eigenvalue weighted by atomic mass is 9.76. The Morgan fingerprint density at radius 2 is 1.92 bits per heavy atom. The van der Waals surface area contributed by atoms with Crippen molar-refractivity contribution >= 4 is 17.5 Å². The van der Waals surface area contributed by atoms with E-state index in [9.17, 15) is 14.3 Å². The molecule has 0 aromatic heterocycles. The lowest BCUT2D eigenvalue weighted by molar-refractivity contribution is -0.131. The number of ether oxygens (including phenoxy) is 1. The number of nitrogens with one attached hydrogen (secondary N) is 1. The fourth-order valence-corrected chi connectivity index (χ4v) is 4.05. The fourth-order valence-electron chi connectivity index (χ4n) is 3.89. The smallest absolute Gasteiger partial charge is 0.223 e. The number of carbonyl (C=O) groups excluding carboxylic acids is 1. The van der Waals surface area contributed by atoms with Crippen molar-refractivity contribution in [2.45, 2.75) is 70.1 Å². The molecule has 2 N–H and O–H groups in total. The van der Waals surface area contributed by atoms with Crippen LogP contribution in [0.25, 0.3) is 0 Å². The lowest BCUT2D eigenvalue weighted by Crippen LogP contribution is -2.48. The summed E-state index contributed by atoms with van der Waals surface area (Å²) in [5, 5.41) is 13.6. The Morgan fingerprint density at radius 1 is 1.27 bits per heavy atom. The molecule has 0 spiro atoms. The Balaban J connectivity index is 1.41. The molecule has 1 aromatic carbocycles. The second kappa shape index (κ2) is 7.73. The van der Waals surface area contributed by atoms with Gasteiger partial charge in [-0.1, -0.05) is 11.6 Å². The van der Waals surface area contributed by atoms with Gasteiger partial charge in [0.05, 0.1) is 10.6 Å². The minimum Gasteiger partial charge on any atom is -0.489 e. The summed E-state index contributed by atoms with van der Waals surface area (Å²) in [4.78, 5) is 12.4. The van der Waals surface area contributed by atoms with Gasteiger partial charge in [0.2, 0.25) is 5.91 Å². The van der Waals surface area contributed by atoms with Crippen molar-refractivity contribution in [1.82, 2.24) is 5.32 Å². The van der Waals surface area contributed by atoms with E-state index in [4.69, 9.17) is 16.3 Å². The quantitative estimate of drug-likeness (QED) is 0.805. The van der Waals surface area contributed by atoms with E-state index >= 15 is 0 Å². The summed E-state index contributed by atoms with van der Waals surface area (Å²) in [7, 11) is 0. The van der Waals surface area contributed by atoms with Crippen LogP contribution in [0.5, 0.6) is 5.75 Å². The number of benzene rings is 1. The van der Waals surface area contributed by atoms with Crippen LogP contribution in [0.3, 0.4) is 0 Å². The number of amides is 1. The Hall–Kier alpha value is -1.33. The van der Waals surface area contributed by atoms with Gasteiger partial charge >= 0.3 is 0 Å². The van der Waals surface area contributed by atoms with Crippen molar-refractivity contribution in [3.8, 4) is 5.75 Å². The van der Waals surface area contributed by atoms with Crippen molar-refractivity contribution in [3.63, 3.8) is 0 Å². The van der Waals surface area contributed by atoms with Crippen LogP contribution >= 0.6 is 11.6 Å². The Morgan fingerprint density at radius 3 is 2.54 bits per heavy atom. The van der Waals surface area contributed by atoms with Crippen molar-refractivity contribution in [2.75, 3.05) is 0 Å². The summed E-state index contributed by atoms with van der Waals surface area (Å²) in [5.74, 6) is 0.259. The highest BCUT2D eigenvalue weighted by Gasteiger charge is 2.38. The maximum atomic E-state index is 13.3. The second-order valence-corrected chi connectivity index (χ2v) is 8.60. The molecule has 2 aliphatic rings. The molecule has 0 radical (unpaired) electrons. The molecule has 144 valence electrons. The van der Waals surface area contributed by atoms with E-state index in [0.29, 0.717) is 29.5 Å². The first-order chi connectivity index (χ1) is 12.2. The van der Waals surface area contributed by atoms with Crippen LogP contribution < -0.4 is 10.1 Å². The molecule has 2 saturated carbocycles. The van der Waals surface area contributed by atoms with E-state index in [0.717, 1.165) is 25.7 Å². The first kappa shape index (κ1) is 19.4. The topological polar surface area (TPSA) is 58.6 Å². The average Bonchev–Trinajstić information content (AvgIpc) is 2.53. The first-order valence-electron chi connectivity index (χ1n) is 9.37. The zero-order chi connectivity index (χ0) is 18.9. The summed E-state index contributed by atoms with van der Waals surface area (Å²) < 4.78 is 19.0. The van der Waals surface area contributed by atoms with Gasteiger partial charge in [0.15, 0.2) is 0 Å². The van der Waals surface area contributed by atoms with Crippen LogP contribution in [0.2, 0.25) is 5.02 Å². The predicted molar refractivity (Wildman–Crippen MR) is 98.7 cm³/mol. The molecule has 2 aliphatic carbocycles. The third kappa shape index (κ3) is 4.68. The molecule has 0 saturated heterocycles. The van der Waals surface area contributed by atoms with E-state index in [-0.39, 0.29) is 29.8 Å². The first-order valence-corrected chi connectivity index (χ1v) is 9.74. The number of aliphatic hydroxyl groups is 1. The molecule has 3 rings (SSSR count). The van der Waals surface area contributed by atoms with Gasteiger partial charge in [-0.15, -0.1) is 0 Å². The van der Waals surface area contributed by atoms with E-state index < -0.39 is 5.60 Å².